The Morgan fingerprint density at radius 1 is 0.842 bits per heavy atom. The molecule has 0 bridgehead atoms. The summed E-state index contributed by atoms with van der Waals surface area (Å²) in [7, 11) is 1.80. The molecule has 0 unspecified atom stereocenters. The molecule has 0 aromatic carbocycles. The van der Waals surface area contributed by atoms with Gasteiger partial charge < -0.3 is 9.15 Å². The summed E-state index contributed by atoms with van der Waals surface area (Å²) in [5, 5.41) is 8.61. The number of hydrogen-bond donors (Lipinski definition) is 0. The fraction of sp³-hybridized carbons (Fsp3) is 0.867. The number of rotatable bonds is 3. The van der Waals surface area contributed by atoms with Crippen LogP contribution in [-0.2, 0) is 4.74 Å². The van der Waals surface area contributed by atoms with Crippen molar-refractivity contribution in [1.29, 1.82) is 0 Å². The molecule has 2 aliphatic carbocycles. The van der Waals surface area contributed by atoms with Crippen molar-refractivity contribution >= 4 is 0 Å². The summed E-state index contributed by atoms with van der Waals surface area (Å²) >= 11 is 0. The van der Waals surface area contributed by atoms with E-state index in [0.29, 0.717) is 17.9 Å². The van der Waals surface area contributed by atoms with Crippen LogP contribution in [0.4, 0.5) is 0 Å². The first-order valence-electron chi connectivity index (χ1n) is 7.73. The van der Waals surface area contributed by atoms with Gasteiger partial charge in [-0.1, -0.05) is 19.3 Å². The second-order valence-corrected chi connectivity index (χ2v) is 6.02. The van der Waals surface area contributed by atoms with Crippen molar-refractivity contribution in [2.75, 3.05) is 7.11 Å². The van der Waals surface area contributed by atoms with Gasteiger partial charge in [-0.25, -0.2) is 0 Å². The molecular weight excluding hydrogens is 240 g/mol. The summed E-state index contributed by atoms with van der Waals surface area (Å²) in [5.41, 5.74) is 0. The minimum absolute atomic E-state index is 0.428. The van der Waals surface area contributed by atoms with Gasteiger partial charge in [0.1, 0.15) is 0 Å². The predicted octanol–water partition coefficient (Wildman–Crippen LogP) is 3.79. The number of hydrogen-bond acceptors (Lipinski definition) is 4. The van der Waals surface area contributed by atoms with Crippen LogP contribution in [0.2, 0.25) is 0 Å². The average Bonchev–Trinajstić information content (AvgIpc) is 2.98. The zero-order chi connectivity index (χ0) is 13.1. The Hall–Kier alpha value is -0.900. The highest BCUT2D eigenvalue weighted by Crippen LogP contribution is 2.36. The molecule has 4 nitrogen and oxygen atoms in total. The highest BCUT2D eigenvalue weighted by atomic mass is 16.5. The first-order valence-corrected chi connectivity index (χ1v) is 7.73. The Balaban J connectivity index is 1.61. The van der Waals surface area contributed by atoms with Gasteiger partial charge in [-0.2, -0.15) is 0 Å². The molecule has 2 fully saturated rings. The smallest absolute Gasteiger partial charge is 0.219 e. The van der Waals surface area contributed by atoms with Crippen LogP contribution in [-0.4, -0.2) is 23.4 Å². The van der Waals surface area contributed by atoms with E-state index in [0.717, 1.165) is 37.5 Å². The number of aromatic nitrogens is 2. The normalized spacial score (nSPS) is 29.5. The molecule has 4 heteroatoms. The van der Waals surface area contributed by atoms with E-state index in [1.54, 1.807) is 7.11 Å². The van der Waals surface area contributed by atoms with Crippen LogP contribution in [0.25, 0.3) is 0 Å². The molecule has 0 N–H and O–H groups in total. The van der Waals surface area contributed by atoms with E-state index in [9.17, 15) is 0 Å². The van der Waals surface area contributed by atoms with Crippen LogP contribution in [0, 0.1) is 0 Å². The molecular formula is C15H24N2O2. The number of nitrogens with zero attached hydrogens (tertiary/aromatic N) is 2. The molecule has 1 aromatic rings. The van der Waals surface area contributed by atoms with E-state index in [4.69, 9.17) is 9.15 Å². The van der Waals surface area contributed by atoms with Crippen LogP contribution in [0.15, 0.2) is 4.42 Å². The zero-order valence-electron chi connectivity index (χ0n) is 11.8. The first-order chi connectivity index (χ1) is 9.36. The monoisotopic (exact) mass is 264 g/mol. The fourth-order valence-electron chi connectivity index (χ4n) is 3.47. The van der Waals surface area contributed by atoms with Gasteiger partial charge in [0.2, 0.25) is 11.8 Å². The molecule has 2 saturated carbocycles. The molecule has 0 radical (unpaired) electrons. The minimum atomic E-state index is 0.428. The van der Waals surface area contributed by atoms with Gasteiger partial charge in [-0.3, -0.25) is 0 Å². The first kappa shape index (κ1) is 13.1. The quantitative estimate of drug-likeness (QED) is 0.833. The third-order valence-electron chi connectivity index (χ3n) is 4.77. The van der Waals surface area contributed by atoms with Crippen LogP contribution >= 0.6 is 0 Å². The van der Waals surface area contributed by atoms with Gasteiger partial charge in [0.15, 0.2) is 0 Å². The Bertz CT molecular complexity index is 391. The van der Waals surface area contributed by atoms with Crippen molar-refractivity contribution < 1.29 is 9.15 Å². The van der Waals surface area contributed by atoms with E-state index >= 15 is 0 Å². The van der Waals surface area contributed by atoms with Crippen molar-refractivity contribution in [2.24, 2.45) is 0 Å². The summed E-state index contributed by atoms with van der Waals surface area (Å²) in [6, 6.07) is 0. The summed E-state index contributed by atoms with van der Waals surface area (Å²) < 4.78 is 11.4. The summed E-state index contributed by atoms with van der Waals surface area (Å²) in [4.78, 5) is 0. The third-order valence-corrected chi connectivity index (χ3v) is 4.77. The second kappa shape index (κ2) is 6.04. The van der Waals surface area contributed by atoms with Crippen LogP contribution < -0.4 is 0 Å². The predicted molar refractivity (Wildman–Crippen MR) is 72.1 cm³/mol. The van der Waals surface area contributed by atoms with Crippen molar-refractivity contribution in [3.63, 3.8) is 0 Å². The lowest BCUT2D eigenvalue weighted by molar-refractivity contribution is 0.0631. The molecule has 3 rings (SSSR count). The number of ether oxygens (including phenoxy) is 1. The Kier molecular flexibility index (Phi) is 4.16. The van der Waals surface area contributed by atoms with E-state index in [1.165, 1.54) is 32.1 Å². The lowest BCUT2D eigenvalue weighted by Gasteiger charge is -2.25. The van der Waals surface area contributed by atoms with Crippen molar-refractivity contribution in [1.82, 2.24) is 10.2 Å². The Morgan fingerprint density at radius 2 is 1.42 bits per heavy atom. The lowest BCUT2D eigenvalue weighted by atomic mass is 9.87. The SMILES string of the molecule is COC1CCC(c2nnc(C3CCCCC3)o2)CC1. The summed E-state index contributed by atoms with van der Waals surface area (Å²) in [5.74, 6) is 2.74. The zero-order valence-corrected chi connectivity index (χ0v) is 11.8. The van der Waals surface area contributed by atoms with Gasteiger partial charge in [0, 0.05) is 18.9 Å². The summed E-state index contributed by atoms with van der Waals surface area (Å²) in [6.45, 7) is 0. The molecule has 0 amide bonds. The average molecular weight is 264 g/mol. The molecule has 19 heavy (non-hydrogen) atoms. The van der Waals surface area contributed by atoms with E-state index in [2.05, 4.69) is 10.2 Å². The molecule has 0 saturated heterocycles. The van der Waals surface area contributed by atoms with Crippen LogP contribution in [0.5, 0.6) is 0 Å². The van der Waals surface area contributed by atoms with Crippen molar-refractivity contribution in [3.05, 3.63) is 11.8 Å². The van der Waals surface area contributed by atoms with Gasteiger partial charge in [0.25, 0.3) is 0 Å². The standard InChI is InChI=1S/C15H24N2O2/c1-18-13-9-7-12(8-10-13)15-17-16-14(19-15)11-5-3-2-4-6-11/h11-13H,2-10H2,1H3. The van der Waals surface area contributed by atoms with Gasteiger partial charge in [-0.15, -0.1) is 10.2 Å². The second-order valence-electron chi connectivity index (χ2n) is 6.02. The Morgan fingerprint density at radius 3 is 2.00 bits per heavy atom. The lowest BCUT2D eigenvalue weighted by Crippen LogP contribution is -2.19. The molecule has 1 aromatic heterocycles. The molecule has 0 atom stereocenters. The maximum atomic E-state index is 5.97. The molecule has 0 aliphatic heterocycles. The minimum Gasteiger partial charge on any atom is -0.425 e. The van der Waals surface area contributed by atoms with Crippen molar-refractivity contribution in [2.45, 2.75) is 75.7 Å². The highest BCUT2D eigenvalue weighted by molar-refractivity contribution is 4.98. The molecule has 0 spiro atoms. The fourth-order valence-corrected chi connectivity index (χ4v) is 3.47. The molecule has 2 aliphatic rings. The maximum Gasteiger partial charge on any atom is 0.219 e. The van der Waals surface area contributed by atoms with E-state index in [-0.39, 0.29) is 0 Å². The summed E-state index contributed by atoms with van der Waals surface area (Å²) in [6.07, 6.45) is 11.3. The largest absolute Gasteiger partial charge is 0.425 e. The number of methoxy groups -OCH3 is 1. The molecule has 1 heterocycles. The van der Waals surface area contributed by atoms with Gasteiger partial charge >= 0.3 is 0 Å². The molecule has 106 valence electrons. The third kappa shape index (κ3) is 2.99. The van der Waals surface area contributed by atoms with Gasteiger partial charge in [-0.05, 0) is 38.5 Å². The van der Waals surface area contributed by atoms with E-state index in [1.807, 2.05) is 0 Å². The van der Waals surface area contributed by atoms with Crippen molar-refractivity contribution in [3.8, 4) is 0 Å². The maximum absolute atomic E-state index is 5.97. The Labute approximate surface area is 114 Å². The topological polar surface area (TPSA) is 48.2 Å². The van der Waals surface area contributed by atoms with Crippen LogP contribution in [0.3, 0.4) is 0 Å². The van der Waals surface area contributed by atoms with Gasteiger partial charge in [0.05, 0.1) is 6.10 Å². The van der Waals surface area contributed by atoms with Crippen LogP contribution in [0.1, 0.15) is 81.4 Å². The highest BCUT2D eigenvalue weighted by Gasteiger charge is 2.28. The van der Waals surface area contributed by atoms with E-state index < -0.39 is 0 Å².